The van der Waals surface area contributed by atoms with Gasteiger partial charge in [0.1, 0.15) is 5.75 Å². The molecule has 1 aliphatic rings. The molecule has 1 amide bonds. The number of likely N-dealkylation sites (N-methyl/N-ethyl adjacent to an activating group) is 1. The van der Waals surface area contributed by atoms with Crippen molar-refractivity contribution in [3.8, 4) is 5.75 Å². The van der Waals surface area contributed by atoms with Crippen LogP contribution in [0.1, 0.15) is 37.9 Å². The zero-order valence-electron chi connectivity index (χ0n) is 19.5. The summed E-state index contributed by atoms with van der Waals surface area (Å²) in [5, 5.41) is 10.8. The van der Waals surface area contributed by atoms with Crippen LogP contribution in [0.5, 0.6) is 5.75 Å². The number of ether oxygens (including phenoxy) is 1. The average molecular weight is 449 g/mol. The van der Waals surface area contributed by atoms with Crippen molar-refractivity contribution in [1.82, 2.24) is 9.80 Å². The molecule has 174 valence electrons. The van der Waals surface area contributed by atoms with E-state index in [1.165, 1.54) is 6.08 Å². The number of aliphatic hydroxyl groups excluding tert-OH is 1. The molecule has 6 nitrogen and oxygen atoms in total. The van der Waals surface area contributed by atoms with Gasteiger partial charge in [0.15, 0.2) is 11.5 Å². The lowest BCUT2D eigenvalue weighted by molar-refractivity contribution is -0.129. The lowest BCUT2D eigenvalue weighted by Crippen LogP contribution is -2.38. The van der Waals surface area contributed by atoms with Crippen LogP contribution in [0.4, 0.5) is 0 Å². The van der Waals surface area contributed by atoms with Gasteiger partial charge in [-0.25, -0.2) is 0 Å². The highest BCUT2D eigenvalue weighted by Gasteiger charge is 2.42. The van der Waals surface area contributed by atoms with Crippen LogP contribution in [0.3, 0.4) is 0 Å². The van der Waals surface area contributed by atoms with Crippen molar-refractivity contribution in [3.63, 3.8) is 0 Å². The minimum absolute atomic E-state index is 0.0976. The summed E-state index contributed by atoms with van der Waals surface area (Å²) in [5.41, 5.74) is 1.69. The fourth-order valence-electron chi connectivity index (χ4n) is 4.04. The second kappa shape index (κ2) is 11.5. The molecule has 2 aromatic rings. The van der Waals surface area contributed by atoms with E-state index in [9.17, 15) is 14.7 Å². The summed E-state index contributed by atoms with van der Waals surface area (Å²) < 4.78 is 5.64. The molecule has 0 aromatic heterocycles. The van der Waals surface area contributed by atoms with Gasteiger partial charge in [-0.3, -0.25) is 9.59 Å². The van der Waals surface area contributed by atoms with E-state index in [0.29, 0.717) is 25.4 Å². The van der Waals surface area contributed by atoms with Crippen molar-refractivity contribution < 1.29 is 19.4 Å². The zero-order chi connectivity index (χ0) is 23.8. The molecule has 1 heterocycles. The molecule has 1 aliphatic heterocycles. The molecule has 2 aromatic carbocycles. The summed E-state index contributed by atoms with van der Waals surface area (Å²) in [6.07, 6.45) is 3.11. The van der Waals surface area contributed by atoms with Crippen LogP contribution >= 0.6 is 0 Å². The molecule has 0 aliphatic carbocycles. The van der Waals surface area contributed by atoms with Gasteiger partial charge in [0, 0.05) is 13.1 Å². The van der Waals surface area contributed by atoms with Crippen molar-refractivity contribution >= 4 is 17.8 Å². The SMILES string of the molecule is CCOc1cccc(C2C(C(=O)C=Cc3ccccc3)=C(O)C(=O)N2CCN(CC)CC)c1. The van der Waals surface area contributed by atoms with Crippen LogP contribution in [-0.2, 0) is 9.59 Å². The first-order valence-corrected chi connectivity index (χ1v) is 11.5. The average Bonchev–Trinajstić information content (AvgIpc) is 3.09. The number of hydrogen-bond acceptors (Lipinski definition) is 5. The molecule has 1 unspecified atom stereocenters. The van der Waals surface area contributed by atoms with Crippen LogP contribution in [0.15, 0.2) is 72.0 Å². The lowest BCUT2D eigenvalue weighted by atomic mass is 9.95. The van der Waals surface area contributed by atoms with Gasteiger partial charge in [-0.2, -0.15) is 0 Å². The van der Waals surface area contributed by atoms with Crippen LogP contribution in [0, 0.1) is 0 Å². The summed E-state index contributed by atoms with van der Waals surface area (Å²) in [4.78, 5) is 30.1. The third-order valence-corrected chi connectivity index (χ3v) is 5.83. The quantitative estimate of drug-likeness (QED) is 0.516. The molecule has 0 radical (unpaired) electrons. The molecule has 1 atom stereocenters. The van der Waals surface area contributed by atoms with Crippen molar-refractivity contribution in [3.05, 3.63) is 83.1 Å². The first-order valence-electron chi connectivity index (χ1n) is 11.5. The van der Waals surface area contributed by atoms with Gasteiger partial charge in [-0.15, -0.1) is 0 Å². The molecule has 3 rings (SSSR count). The number of amides is 1. The maximum Gasteiger partial charge on any atom is 0.290 e. The number of allylic oxidation sites excluding steroid dienone is 1. The summed E-state index contributed by atoms with van der Waals surface area (Å²) in [6, 6.07) is 16.1. The predicted molar refractivity (Wildman–Crippen MR) is 130 cm³/mol. The van der Waals surface area contributed by atoms with E-state index in [1.807, 2.05) is 61.5 Å². The third-order valence-electron chi connectivity index (χ3n) is 5.83. The van der Waals surface area contributed by atoms with Gasteiger partial charge in [0.25, 0.3) is 5.91 Å². The van der Waals surface area contributed by atoms with E-state index < -0.39 is 17.7 Å². The Kier molecular flexibility index (Phi) is 8.44. The maximum absolute atomic E-state index is 13.2. The van der Waals surface area contributed by atoms with Gasteiger partial charge in [0.2, 0.25) is 0 Å². The third kappa shape index (κ3) is 5.71. The predicted octanol–water partition coefficient (Wildman–Crippen LogP) is 4.41. The Bertz CT molecular complexity index is 1030. The van der Waals surface area contributed by atoms with Crippen molar-refractivity contribution in [1.29, 1.82) is 0 Å². The van der Waals surface area contributed by atoms with E-state index in [0.717, 1.165) is 24.2 Å². The number of hydrogen-bond donors (Lipinski definition) is 1. The van der Waals surface area contributed by atoms with Crippen molar-refractivity contribution in [2.75, 3.05) is 32.8 Å². The Labute approximate surface area is 195 Å². The standard InChI is InChI=1S/C27H32N2O4/c1-4-28(5-2)17-18-29-25(21-13-10-14-22(19-21)33-6-3)24(26(31)27(29)32)23(30)16-15-20-11-8-7-9-12-20/h7-16,19,25,31H,4-6,17-18H2,1-3H3. The summed E-state index contributed by atoms with van der Waals surface area (Å²) in [5.74, 6) is -0.736. The van der Waals surface area contributed by atoms with Crippen molar-refractivity contribution in [2.24, 2.45) is 0 Å². The van der Waals surface area contributed by atoms with Gasteiger partial charge < -0.3 is 19.6 Å². The summed E-state index contributed by atoms with van der Waals surface area (Å²) >= 11 is 0. The molecule has 0 spiro atoms. The first-order chi connectivity index (χ1) is 16.0. The minimum Gasteiger partial charge on any atom is -0.503 e. The Morgan fingerprint density at radius 3 is 2.48 bits per heavy atom. The largest absolute Gasteiger partial charge is 0.503 e. The van der Waals surface area contributed by atoms with Gasteiger partial charge in [-0.1, -0.05) is 62.4 Å². The monoisotopic (exact) mass is 448 g/mol. The normalized spacial score (nSPS) is 16.3. The number of benzene rings is 2. The number of carbonyl (C=O) groups is 2. The second-order valence-corrected chi connectivity index (χ2v) is 7.80. The fourth-order valence-corrected chi connectivity index (χ4v) is 4.04. The first kappa shape index (κ1) is 24.3. The molecular formula is C27H32N2O4. The van der Waals surface area contributed by atoms with Crippen LogP contribution < -0.4 is 4.74 Å². The number of nitrogens with zero attached hydrogens (tertiary/aromatic N) is 2. The lowest BCUT2D eigenvalue weighted by Gasteiger charge is -2.29. The Hall–Kier alpha value is -3.38. The highest BCUT2D eigenvalue weighted by atomic mass is 16.5. The minimum atomic E-state index is -0.679. The smallest absolute Gasteiger partial charge is 0.290 e. The number of rotatable bonds is 11. The fraction of sp³-hybridized carbons (Fsp3) is 0.333. The molecule has 33 heavy (non-hydrogen) atoms. The second-order valence-electron chi connectivity index (χ2n) is 7.80. The Morgan fingerprint density at radius 1 is 1.09 bits per heavy atom. The molecule has 0 saturated carbocycles. The summed E-state index contributed by atoms with van der Waals surface area (Å²) in [6.45, 7) is 9.29. The van der Waals surface area contributed by atoms with Crippen LogP contribution in [0.25, 0.3) is 6.08 Å². The highest BCUT2D eigenvalue weighted by Crippen LogP contribution is 2.38. The highest BCUT2D eigenvalue weighted by molar-refractivity contribution is 6.14. The number of ketones is 1. The van der Waals surface area contributed by atoms with E-state index >= 15 is 0 Å². The molecule has 6 heteroatoms. The van der Waals surface area contributed by atoms with Gasteiger partial charge in [0.05, 0.1) is 18.2 Å². The van der Waals surface area contributed by atoms with Crippen LogP contribution in [-0.4, -0.2) is 59.4 Å². The molecule has 1 N–H and O–H groups in total. The maximum atomic E-state index is 13.2. The number of carbonyl (C=O) groups excluding carboxylic acids is 2. The van der Waals surface area contributed by atoms with E-state index in [1.54, 1.807) is 11.0 Å². The van der Waals surface area contributed by atoms with Crippen LogP contribution in [0.2, 0.25) is 0 Å². The Balaban J connectivity index is 1.97. The molecular weight excluding hydrogens is 416 g/mol. The van der Waals surface area contributed by atoms with Gasteiger partial charge >= 0.3 is 0 Å². The molecule has 0 saturated heterocycles. The Morgan fingerprint density at radius 2 is 1.82 bits per heavy atom. The topological polar surface area (TPSA) is 70.1 Å². The van der Waals surface area contributed by atoms with E-state index in [-0.39, 0.29) is 11.4 Å². The molecule has 0 bridgehead atoms. The molecule has 0 fully saturated rings. The van der Waals surface area contributed by atoms with E-state index in [4.69, 9.17) is 4.74 Å². The summed E-state index contributed by atoms with van der Waals surface area (Å²) in [7, 11) is 0. The zero-order valence-corrected chi connectivity index (χ0v) is 19.5. The number of aliphatic hydroxyl groups is 1. The van der Waals surface area contributed by atoms with E-state index in [2.05, 4.69) is 18.7 Å². The van der Waals surface area contributed by atoms with Crippen molar-refractivity contribution in [2.45, 2.75) is 26.8 Å². The van der Waals surface area contributed by atoms with Gasteiger partial charge in [-0.05, 0) is 49.3 Å².